The molecule has 0 radical (unpaired) electrons. The number of aryl methyl sites for hydroxylation is 1. The average Bonchev–Trinajstić information content (AvgIpc) is 2.77. The molecule has 1 heterocycles. The van der Waals surface area contributed by atoms with Gasteiger partial charge in [-0.25, -0.2) is 0 Å². The fourth-order valence-corrected chi connectivity index (χ4v) is 4.40. The van der Waals surface area contributed by atoms with E-state index in [1.807, 2.05) is 6.07 Å². The predicted octanol–water partition coefficient (Wildman–Crippen LogP) is 3.88. The Kier molecular flexibility index (Phi) is 3.89. The van der Waals surface area contributed by atoms with Gasteiger partial charge < -0.3 is 11.1 Å². The number of benzene rings is 1. The highest BCUT2D eigenvalue weighted by molar-refractivity contribution is 7.20. The van der Waals surface area contributed by atoms with Crippen molar-refractivity contribution in [3.05, 3.63) is 38.9 Å². The fraction of sp³-hybridized carbons (Fsp3) is 0.200. The molecule has 3 N–H and O–H groups in total. The molecule has 1 aromatic heterocycles. The van der Waals surface area contributed by atoms with E-state index in [2.05, 4.69) is 5.32 Å². The van der Waals surface area contributed by atoms with E-state index >= 15 is 0 Å². The van der Waals surface area contributed by atoms with Crippen LogP contribution >= 0.6 is 34.5 Å². The van der Waals surface area contributed by atoms with E-state index in [-0.39, 0.29) is 5.91 Å². The molecule has 2 amide bonds. The maximum Gasteiger partial charge on any atom is 0.252 e. The van der Waals surface area contributed by atoms with E-state index in [1.165, 1.54) is 18.3 Å². The van der Waals surface area contributed by atoms with Gasteiger partial charge in [-0.1, -0.05) is 23.2 Å². The highest BCUT2D eigenvalue weighted by Gasteiger charge is 2.28. The molecule has 0 saturated heterocycles. The van der Waals surface area contributed by atoms with E-state index in [0.717, 1.165) is 28.0 Å². The van der Waals surface area contributed by atoms with E-state index in [0.29, 0.717) is 27.0 Å². The standard InChI is InChI=1S/C15H12Cl2N2O2S/c1-6(20)19-15-12(14(18)21)8-3-2-7-4-10(16)11(17)5-9(7)13(8)22-15/h4-5H,2-3H2,1H3,(H2,18,21)(H,19,20). The molecule has 4 nitrogen and oxygen atoms in total. The maximum absolute atomic E-state index is 11.8. The number of hydrogen-bond donors (Lipinski definition) is 2. The van der Waals surface area contributed by atoms with Crippen LogP contribution in [0.15, 0.2) is 12.1 Å². The number of amides is 2. The molecule has 3 rings (SSSR count). The molecule has 1 aliphatic rings. The number of fused-ring (bicyclic) bond motifs is 3. The van der Waals surface area contributed by atoms with Gasteiger partial charge in [0.15, 0.2) is 0 Å². The SMILES string of the molecule is CC(=O)Nc1sc2c(c1C(N)=O)CCc1cc(Cl)c(Cl)cc1-2. The number of anilines is 1. The number of carbonyl (C=O) groups is 2. The van der Waals surface area contributed by atoms with Crippen LogP contribution in [0, 0.1) is 0 Å². The van der Waals surface area contributed by atoms with Gasteiger partial charge in [-0.2, -0.15) is 0 Å². The first-order valence-electron chi connectivity index (χ1n) is 6.59. The summed E-state index contributed by atoms with van der Waals surface area (Å²) < 4.78 is 0. The molecule has 1 aliphatic carbocycles. The maximum atomic E-state index is 11.8. The molecule has 2 aromatic rings. The normalized spacial score (nSPS) is 12.5. The lowest BCUT2D eigenvalue weighted by Crippen LogP contribution is -2.17. The van der Waals surface area contributed by atoms with E-state index in [1.54, 1.807) is 6.07 Å². The van der Waals surface area contributed by atoms with Crippen molar-refractivity contribution in [3.63, 3.8) is 0 Å². The second kappa shape index (κ2) is 5.57. The summed E-state index contributed by atoms with van der Waals surface area (Å²) in [6.07, 6.45) is 1.42. The highest BCUT2D eigenvalue weighted by Crippen LogP contribution is 2.46. The molecule has 0 aliphatic heterocycles. The number of carbonyl (C=O) groups excluding carboxylic acids is 2. The van der Waals surface area contributed by atoms with Crippen LogP contribution in [0.4, 0.5) is 5.00 Å². The van der Waals surface area contributed by atoms with Crippen molar-refractivity contribution in [2.75, 3.05) is 5.32 Å². The zero-order valence-corrected chi connectivity index (χ0v) is 14.0. The third-order valence-corrected chi connectivity index (χ3v) is 5.48. The van der Waals surface area contributed by atoms with Gasteiger partial charge in [-0.05, 0) is 41.7 Å². The van der Waals surface area contributed by atoms with Crippen molar-refractivity contribution in [3.8, 4) is 10.4 Å². The zero-order chi connectivity index (χ0) is 16.0. The Morgan fingerprint density at radius 1 is 1.23 bits per heavy atom. The molecule has 0 saturated carbocycles. The minimum atomic E-state index is -0.537. The summed E-state index contributed by atoms with van der Waals surface area (Å²) in [5.74, 6) is -0.778. The van der Waals surface area contributed by atoms with E-state index in [4.69, 9.17) is 28.9 Å². The predicted molar refractivity (Wildman–Crippen MR) is 90.0 cm³/mol. The summed E-state index contributed by atoms with van der Waals surface area (Å²) in [4.78, 5) is 24.1. The fourth-order valence-electron chi connectivity index (χ4n) is 2.70. The van der Waals surface area contributed by atoms with Gasteiger partial charge >= 0.3 is 0 Å². The van der Waals surface area contributed by atoms with Crippen molar-refractivity contribution in [2.24, 2.45) is 5.73 Å². The van der Waals surface area contributed by atoms with E-state index < -0.39 is 5.91 Å². The molecule has 7 heteroatoms. The minimum absolute atomic E-state index is 0.240. The number of nitrogens with one attached hydrogen (secondary N) is 1. The van der Waals surface area contributed by atoms with Gasteiger partial charge in [0, 0.05) is 11.8 Å². The minimum Gasteiger partial charge on any atom is -0.365 e. The van der Waals surface area contributed by atoms with Crippen molar-refractivity contribution in [1.29, 1.82) is 0 Å². The Labute approximate surface area is 141 Å². The largest absolute Gasteiger partial charge is 0.365 e. The van der Waals surface area contributed by atoms with Crippen molar-refractivity contribution >= 4 is 51.4 Å². The van der Waals surface area contributed by atoms with Crippen molar-refractivity contribution in [2.45, 2.75) is 19.8 Å². The number of halogens is 2. The quantitative estimate of drug-likeness (QED) is 0.858. The van der Waals surface area contributed by atoms with Gasteiger partial charge in [-0.3, -0.25) is 9.59 Å². The summed E-state index contributed by atoms with van der Waals surface area (Å²) in [6, 6.07) is 3.65. The second-order valence-electron chi connectivity index (χ2n) is 5.08. The van der Waals surface area contributed by atoms with Crippen LogP contribution in [0.1, 0.15) is 28.4 Å². The summed E-state index contributed by atoms with van der Waals surface area (Å²) in [7, 11) is 0. The van der Waals surface area contributed by atoms with Gasteiger partial charge in [0.1, 0.15) is 5.00 Å². The first kappa shape index (κ1) is 15.3. The molecule has 1 aromatic carbocycles. The summed E-state index contributed by atoms with van der Waals surface area (Å²) >= 11 is 13.5. The average molecular weight is 355 g/mol. The Morgan fingerprint density at radius 2 is 1.91 bits per heavy atom. The molecule has 0 bridgehead atoms. The number of nitrogens with two attached hydrogens (primary N) is 1. The smallest absolute Gasteiger partial charge is 0.252 e. The Bertz CT molecular complexity index is 814. The molecule has 22 heavy (non-hydrogen) atoms. The molecule has 114 valence electrons. The number of rotatable bonds is 2. The molecule has 0 spiro atoms. The van der Waals surface area contributed by atoms with Gasteiger partial charge in [0.25, 0.3) is 5.91 Å². The molecule has 0 fully saturated rings. The van der Waals surface area contributed by atoms with Crippen LogP contribution in [0.3, 0.4) is 0 Å². The number of thiophene rings is 1. The number of primary amides is 1. The molecule has 0 atom stereocenters. The van der Waals surface area contributed by atoms with E-state index in [9.17, 15) is 9.59 Å². The van der Waals surface area contributed by atoms with Crippen LogP contribution in [0.2, 0.25) is 10.0 Å². The van der Waals surface area contributed by atoms with Crippen molar-refractivity contribution in [1.82, 2.24) is 0 Å². The summed E-state index contributed by atoms with van der Waals surface area (Å²) in [6.45, 7) is 1.40. The molecular formula is C15H12Cl2N2O2S. The van der Waals surface area contributed by atoms with Crippen LogP contribution < -0.4 is 11.1 Å². The number of hydrogen-bond acceptors (Lipinski definition) is 3. The lowest BCUT2D eigenvalue weighted by molar-refractivity contribution is -0.114. The van der Waals surface area contributed by atoms with Gasteiger partial charge in [0.05, 0.1) is 15.6 Å². The van der Waals surface area contributed by atoms with Crippen molar-refractivity contribution < 1.29 is 9.59 Å². The third-order valence-electron chi connectivity index (χ3n) is 3.58. The Balaban J connectivity index is 2.23. The molecular weight excluding hydrogens is 343 g/mol. The van der Waals surface area contributed by atoms with Crippen LogP contribution in [-0.4, -0.2) is 11.8 Å². The topological polar surface area (TPSA) is 72.2 Å². The lowest BCUT2D eigenvalue weighted by atomic mass is 9.89. The molecule has 0 unspecified atom stereocenters. The van der Waals surface area contributed by atoms with Gasteiger partial charge in [0.2, 0.25) is 5.91 Å². The third kappa shape index (κ3) is 2.49. The Hall–Kier alpha value is -1.56. The Morgan fingerprint density at radius 3 is 2.55 bits per heavy atom. The second-order valence-corrected chi connectivity index (χ2v) is 6.92. The monoisotopic (exact) mass is 354 g/mol. The zero-order valence-electron chi connectivity index (χ0n) is 11.6. The summed E-state index contributed by atoms with van der Waals surface area (Å²) in [5.41, 5.74) is 8.79. The lowest BCUT2D eigenvalue weighted by Gasteiger charge is -2.17. The summed E-state index contributed by atoms with van der Waals surface area (Å²) in [5, 5.41) is 4.15. The highest BCUT2D eigenvalue weighted by atomic mass is 35.5. The first-order valence-corrected chi connectivity index (χ1v) is 8.17. The van der Waals surface area contributed by atoms with Crippen LogP contribution in [0.25, 0.3) is 10.4 Å². The van der Waals surface area contributed by atoms with Gasteiger partial charge in [-0.15, -0.1) is 11.3 Å². The van der Waals surface area contributed by atoms with Crippen LogP contribution in [-0.2, 0) is 17.6 Å². The first-order chi connectivity index (χ1) is 10.4. The van der Waals surface area contributed by atoms with Crippen LogP contribution in [0.5, 0.6) is 0 Å².